The van der Waals surface area contributed by atoms with Crippen LogP contribution in [0.4, 0.5) is 0 Å². The third-order valence-corrected chi connectivity index (χ3v) is 8.40. The first-order valence-corrected chi connectivity index (χ1v) is 13.3. The molecule has 0 unspecified atom stereocenters. The first-order chi connectivity index (χ1) is 13.4. The van der Waals surface area contributed by atoms with E-state index in [0.717, 1.165) is 25.0 Å². The Morgan fingerprint density at radius 1 is 1.11 bits per heavy atom. The molecule has 0 saturated carbocycles. The van der Waals surface area contributed by atoms with Gasteiger partial charge in [-0.15, -0.1) is 5.10 Å². The second-order valence-electron chi connectivity index (χ2n) is 8.51. The molecule has 0 aliphatic carbocycles. The van der Waals surface area contributed by atoms with Crippen molar-refractivity contribution in [1.82, 2.24) is 15.0 Å². The second kappa shape index (κ2) is 9.30. The van der Waals surface area contributed by atoms with Crippen LogP contribution in [0.15, 0.2) is 36.5 Å². The topological polar surface area (TPSA) is 80.4 Å². The second-order valence-corrected chi connectivity index (χ2v) is 12.5. The monoisotopic (exact) mass is 403 g/mol. The summed E-state index contributed by atoms with van der Waals surface area (Å²) < 4.78 is 8.30. The van der Waals surface area contributed by atoms with Crippen LogP contribution in [-0.2, 0) is 24.1 Å². The number of nitrogens with zero attached hydrogens (tertiary/aromatic N) is 3. The predicted octanol–water partition coefficient (Wildman–Crippen LogP) is 2.81. The van der Waals surface area contributed by atoms with Crippen molar-refractivity contribution in [2.24, 2.45) is 5.92 Å². The zero-order valence-electron chi connectivity index (χ0n) is 17.2. The van der Waals surface area contributed by atoms with Gasteiger partial charge in [-0.3, -0.25) is 4.68 Å². The van der Waals surface area contributed by atoms with Gasteiger partial charge in [0.15, 0.2) is 8.32 Å². The summed E-state index contributed by atoms with van der Waals surface area (Å²) in [6, 6.07) is 10.5. The maximum absolute atomic E-state index is 10.9. The van der Waals surface area contributed by atoms with Crippen molar-refractivity contribution < 1.29 is 14.6 Å². The van der Waals surface area contributed by atoms with Crippen molar-refractivity contribution in [1.29, 1.82) is 0 Å². The highest BCUT2D eigenvalue weighted by Crippen LogP contribution is 2.45. The van der Waals surface area contributed by atoms with E-state index in [1.54, 1.807) is 0 Å². The maximum Gasteiger partial charge on any atom is 0.188 e. The Bertz CT molecular complexity index is 732. The Morgan fingerprint density at radius 3 is 2.54 bits per heavy atom. The van der Waals surface area contributed by atoms with Gasteiger partial charge in [0.05, 0.1) is 17.9 Å². The van der Waals surface area contributed by atoms with Crippen LogP contribution < -0.4 is 0 Å². The van der Waals surface area contributed by atoms with Crippen LogP contribution in [0.5, 0.6) is 0 Å². The highest BCUT2D eigenvalue weighted by molar-refractivity contribution is 6.71. The number of rotatable bonds is 9. The number of aryl methyl sites for hydroxylation is 2. The first kappa shape index (κ1) is 21.2. The van der Waals surface area contributed by atoms with Crippen molar-refractivity contribution in [3.05, 3.63) is 47.8 Å². The van der Waals surface area contributed by atoms with Crippen molar-refractivity contribution >= 4 is 8.32 Å². The third kappa shape index (κ3) is 5.29. The van der Waals surface area contributed by atoms with Crippen LogP contribution in [0.2, 0.25) is 18.6 Å². The minimum Gasteiger partial charge on any atom is -0.432 e. The largest absolute Gasteiger partial charge is 0.432 e. The number of hydrogen-bond donors (Lipinski definition) is 2. The molecule has 0 amide bonds. The number of hydrogen-bond acceptors (Lipinski definition) is 5. The van der Waals surface area contributed by atoms with Crippen molar-refractivity contribution in [2.75, 3.05) is 6.61 Å². The molecule has 0 radical (unpaired) electrons. The molecule has 2 heterocycles. The molecule has 2 aromatic rings. The molecule has 3 rings (SSSR count). The summed E-state index contributed by atoms with van der Waals surface area (Å²) in [7, 11) is -2.35. The lowest BCUT2D eigenvalue weighted by atomic mass is 9.95. The molecule has 7 heteroatoms. The summed E-state index contributed by atoms with van der Waals surface area (Å²) >= 11 is 0. The van der Waals surface area contributed by atoms with Crippen LogP contribution >= 0.6 is 0 Å². The molecular formula is C21H33N3O3Si. The van der Waals surface area contributed by atoms with E-state index in [0.29, 0.717) is 18.9 Å². The van der Waals surface area contributed by atoms with E-state index in [1.807, 2.05) is 30.0 Å². The molecule has 0 bridgehead atoms. The van der Waals surface area contributed by atoms with Gasteiger partial charge in [0.2, 0.25) is 0 Å². The van der Waals surface area contributed by atoms with Crippen LogP contribution in [0.25, 0.3) is 0 Å². The minimum atomic E-state index is -2.35. The molecule has 154 valence electrons. The SMILES string of the molecule is C[C@H]1[C@H]([Si](C)(C)O)[C@@H](CCn2cc(CCO)nn2)O[C@H]1CCc1ccccc1. The number of benzene rings is 1. The Hall–Kier alpha value is -1.54. The van der Waals surface area contributed by atoms with Crippen molar-refractivity contribution in [3.8, 4) is 0 Å². The average Bonchev–Trinajstić information content (AvgIpc) is 3.23. The van der Waals surface area contributed by atoms with Gasteiger partial charge >= 0.3 is 0 Å². The fraction of sp³-hybridized carbons (Fsp3) is 0.619. The van der Waals surface area contributed by atoms with Crippen LogP contribution in [0, 0.1) is 5.92 Å². The Morgan fingerprint density at radius 2 is 1.86 bits per heavy atom. The fourth-order valence-electron chi connectivity index (χ4n) is 4.57. The van der Waals surface area contributed by atoms with Crippen molar-refractivity contribution in [2.45, 2.75) is 70.0 Å². The average molecular weight is 404 g/mol. The van der Waals surface area contributed by atoms with Gasteiger partial charge in [0.1, 0.15) is 0 Å². The van der Waals surface area contributed by atoms with E-state index < -0.39 is 8.32 Å². The van der Waals surface area contributed by atoms with Crippen LogP contribution in [-0.4, -0.2) is 52.0 Å². The van der Waals surface area contributed by atoms with E-state index in [4.69, 9.17) is 9.84 Å². The van der Waals surface area contributed by atoms with E-state index in [-0.39, 0.29) is 24.4 Å². The van der Waals surface area contributed by atoms with Gasteiger partial charge in [0.25, 0.3) is 0 Å². The molecule has 0 spiro atoms. The molecule has 1 aromatic carbocycles. The van der Waals surface area contributed by atoms with Gasteiger partial charge in [-0.25, -0.2) is 0 Å². The molecule has 1 saturated heterocycles. The fourth-order valence-corrected chi connectivity index (χ4v) is 7.23. The molecule has 4 atom stereocenters. The molecule has 1 aliphatic rings. The molecule has 2 N–H and O–H groups in total. The minimum absolute atomic E-state index is 0.0490. The van der Waals surface area contributed by atoms with Gasteiger partial charge in [0, 0.05) is 31.3 Å². The van der Waals surface area contributed by atoms with Crippen LogP contribution in [0.1, 0.15) is 31.0 Å². The Balaban J connectivity index is 1.62. The van der Waals surface area contributed by atoms with Gasteiger partial charge in [-0.2, -0.15) is 0 Å². The number of aliphatic hydroxyl groups is 1. The normalized spacial score (nSPS) is 25.3. The summed E-state index contributed by atoms with van der Waals surface area (Å²) in [4.78, 5) is 10.9. The summed E-state index contributed by atoms with van der Waals surface area (Å²) in [6.45, 7) is 7.08. The molecule has 1 fully saturated rings. The summed E-state index contributed by atoms with van der Waals surface area (Å²) in [5.74, 6) is 0.348. The quantitative estimate of drug-likeness (QED) is 0.629. The maximum atomic E-state index is 10.9. The molecular weight excluding hydrogens is 370 g/mol. The van der Waals surface area contributed by atoms with Gasteiger partial charge in [-0.05, 0) is 43.8 Å². The highest BCUT2D eigenvalue weighted by Gasteiger charge is 2.49. The zero-order valence-corrected chi connectivity index (χ0v) is 18.2. The number of ether oxygens (including phenoxy) is 1. The summed E-state index contributed by atoms with van der Waals surface area (Å²) in [6.07, 6.45) is 5.43. The standard InChI is InChI=1S/C21H33N3O3Si/c1-16-19(10-9-17-7-5-4-6-8-17)27-20(21(16)28(2,3)26)11-13-24-15-18(12-14-25)22-23-24/h4-8,15-16,19-21,25-26H,9-14H2,1-3H3/t16-,19+,20-,21+/m1/s1. The van der Waals surface area contributed by atoms with Crippen LogP contribution in [0.3, 0.4) is 0 Å². The first-order valence-electron chi connectivity index (χ1n) is 10.3. The lowest BCUT2D eigenvalue weighted by Crippen LogP contribution is -2.40. The molecule has 6 nitrogen and oxygen atoms in total. The third-order valence-electron chi connectivity index (χ3n) is 5.88. The number of aliphatic hydroxyl groups excluding tert-OH is 1. The smallest absolute Gasteiger partial charge is 0.188 e. The van der Waals surface area contributed by atoms with E-state index >= 15 is 0 Å². The lowest BCUT2D eigenvalue weighted by Gasteiger charge is -2.30. The molecule has 1 aromatic heterocycles. The molecule has 1 aliphatic heterocycles. The van der Waals surface area contributed by atoms with E-state index in [1.165, 1.54) is 5.56 Å². The highest BCUT2D eigenvalue weighted by atomic mass is 28.4. The van der Waals surface area contributed by atoms with E-state index in [9.17, 15) is 4.80 Å². The Labute approximate surface area is 168 Å². The lowest BCUT2D eigenvalue weighted by molar-refractivity contribution is 0.0245. The van der Waals surface area contributed by atoms with Gasteiger partial charge in [-0.1, -0.05) is 42.5 Å². The Kier molecular flexibility index (Phi) is 7.03. The zero-order chi connectivity index (χ0) is 20.1. The van der Waals surface area contributed by atoms with Gasteiger partial charge < -0.3 is 14.6 Å². The van der Waals surface area contributed by atoms with Crippen molar-refractivity contribution in [3.63, 3.8) is 0 Å². The summed E-state index contributed by atoms with van der Waals surface area (Å²) in [5.41, 5.74) is 2.35. The number of aromatic nitrogens is 3. The molecule has 28 heavy (non-hydrogen) atoms. The predicted molar refractivity (Wildman–Crippen MR) is 111 cm³/mol. The van der Waals surface area contributed by atoms with E-state index in [2.05, 4.69) is 41.5 Å². The summed E-state index contributed by atoms with van der Waals surface area (Å²) in [5, 5.41) is 17.3.